The van der Waals surface area contributed by atoms with Gasteiger partial charge in [-0.05, 0) is 12.1 Å². The number of benzene rings is 2. The van der Waals surface area contributed by atoms with Crippen LogP contribution in [0.3, 0.4) is 0 Å². The van der Waals surface area contributed by atoms with E-state index in [0.717, 1.165) is 0 Å². The number of nitro groups is 1. The molecule has 0 aliphatic heterocycles. The van der Waals surface area contributed by atoms with Crippen molar-refractivity contribution in [2.75, 3.05) is 5.43 Å². The van der Waals surface area contributed by atoms with Crippen LogP contribution in [0.4, 0.5) is 11.4 Å². The van der Waals surface area contributed by atoms with Crippen molar-refractivity contribution in [1.82, 2.24) is 0 Å². The number of hydrogen-bond donors (Lipinski definition) is 1. The van der Waals surface area contributed by atoms with Crippen LogP contribution in [0.2, 0.25) is 10.0 Å². The second-order valence-electron chi connectivity index (χ2n) is 3.82. The zero-order valence-corrected chi connectivity index (χ0v) is 11.6. The van der Waals surface area contributed by atoms with Crippen LogP contribution >= 0.6 is 23.2 Å². The summed E-state index contributed by atoms with van der Waals surface area (Å²) < 4.78 is 0. The summed E-state index contributed by atoms with van der Waals surface area (Å²) in [6, 6.07) is 11.2. The standard InChI is InChI=1S/C13H9Cl2N3O2/c14-12-6-1-3-9(13(12)15)8-16-17-10-4-2-5-11(7-10)18(19)20/h1-8,17H/b16-8+. The number of nitro benzene ring substituents is 1. The summed E-state index contributed by atoms with van der Waals surface area (Å²) in [6.45, 7) is 0. The van der Waals surface area contributed by atoms with Gasteiger partial charge >= 0.3 is 0 Å². The number of nitrogens with zero attached hydrogens (tertiary/aromatic N) is 2. The highest BCUT2D eigenvalue weighted by Crippen LogP contribution is 2.24. The fourth-order valence-electron chi connectivity index (χ4n) is 1.49. The van der Waals surface area contributed by atoms with E-state index >= 15 is 0 Å². The molecule has 2 aromatic rings. The lowest BCUT2D eigenvalue weighted by Crippen LogP contribution is -1.93. The number of non-ortho nitro benzene ring substituents is 1. The molecule has 0 spiro atoms. The van der Waals surface area contributed by atoms with Gasteiger partial charge in [-0.3, -0.25) is 15.5 Å². The molecule has 0 radical (unpaired) electrons. The Labute approximate surface area is 125 Å². The number of halogens is 2. The van der Waals surface area contributed by atoms with Crippen LogP contribution in [0.15, 0.2) is 47.6 Å². The molecule has 0 aromatic heterocycles. The maximum Gasteiger partial charge on any atom is 0.271 e. The van der Waals surface area contributed by atoms with Gasteiger partial charge in [-0.1, -0.05) is 41.4 Å². The van der Waals surface area contributed by atoms with Crippen LogP contribution in [0.25, 0.3) is 0 Å². The van der Waals surface area contributed by atoms with E-state index in [4.69, 9.17) is 23.2 Å². The molecule has 5 nitrogen and oxygen atoms in total. The summed E-state index contributed by atoms with van der Waals surface area (Å²) in [5, 5.41) is 15.4. The van der Waals surface area contributed by atoms with Crippen LogP contribution in [0.1, 0.15) is 5.56 Å². The molecule has 0 heterocycles. The highest BCUT2D eigenvalue weighted by molar-refractivity contribution is 6.43. The number of nitrogens with one attached hydrogen (secondary N) is 1. The number of anilines is 1. The molecule has 0 fully saturated rings. The first kappa shape index (κ1) is 14.3. The molecule has 0 unspecified atom stereocenters. The Hall–Kier alpha value is -2.11. The van der Waals surface area contributed by atoms with Crippen LogP contribution in [0, 0.1) is 10.1 Å². The average molecular weight is 310 g/mol. The Bertz CT molecular complexity index is 674. The summed E-state index contributed by atoms with van der Waals surface area (Å²) in [4.78, 5) is 10.2. The van der Waals surface area contributed by atoms with Crippen LogP contribution in [-0.2, 0) is 0 Å². The number of hydrazone groups is 1. The fraction of sp³-hybridized carbons (Fsp3) is 0. The van der Waals surface area contributed by atoms with E-state index in [-0.39, 0.29) is 5.69 Å². The first-order chi connectivity index (χ1) is 9.58. The summed E-state index contributed by atoms with van der Waals surface area (Å²) in [5.74, 6) is 0. The fourth-order valence-corrected chi connectivity index (χ4v) is 1.84. The maximum absolute atomic E-state index is 10.6. The van der Waals surface area contributed by atoms with Crippen molar-refractivity contribution in [2.24, 2.45) is 5.10 Å². The second-order valence-corrected chi connectivity index (χ2v) is 4.61. The summed E-state index contributed by atoms with van der Waals surface area (Å²) in [6.07, 6.45) is 1.49. The first-order valence-corrected chi connectivity index (χ1v) is 6.31. The highest BCUT2D eigenvalue weighted by Gasteiger charge is 2.05. The molecule has 2 aromatic carbocycles. The van der Waals surface area contributed by atoms with Gasteiger partial charge in [-0.25, -0.2) is 0 Å². The van der Waals surface area contributed by atoms with Crippen LogP contribution in [0.5, 0.6) is 0 Å². The highest BCUT2D eigenvalue weighted by atomic mass is 35.5. The van der Waals surface area contributed by atoms with Crippen molar-refractivity contribution in [3.8, 4) is 0 Å². The van der Waals surface area contributed by atoms with E-state index in [1.54, 1.807) is 30.3 Å². The summed E-state index contributed by atoms with van der Waals surface area (Å²) >= 11 is 11.9. The lowest BCUT2D eigenvalue weighted by molar-refractivity contribution is -0.384. The SMILES string of the molecule is O=[N+]([O-])c1cccc(N/N=C/c2cccc(Cl)c2Cl)c1. The van der Waals surface area contributed by atoms with Gasteiger partial charge < -0.3 is 0 Å². The molecule has 102 valence electrons. The molecule has 20 heavy (non-hydrogen) atoms. The van der Waals surface area contributed by atoms with Gasteiger partial charge in [0.05, 0.1) is 26.9 Å². The first-order valence-electron chi connectivity index (χ1n) is 5.55. The summed E-state index contributed by atoms with van der Waals surface area (Å²) in [7, 11) is 0. The normalized spacial score (nSPS) is 10.7. The molecular formula is C13H9Cl2N3O2. The largest absolute Gasteiger partial charge is 0.278 e. The Morgan fingerprint density at radius 3 is 2.70 bits per heavy atom. The van der Waals surface area contributed by atoms with E-state index in [1.807, 2.05) is 0 Å². The van der Waals surface area contributed by atoms with Crippen molar-refractivity contribution < 1.29 is 4.92 Å². The maximum atomic E-state index is 10.6. The minimum Gasteiger partial charge on any atom is -0.278 e. The quantitative estimate of drug-likeness (QED) is 0.518. The van der Waals surface area contributed by atoms with Crippen molar-refractivity contribution in [3.63, 3.8) is 0 Å². The van der Waals surface area contributed by atoms with E-state index in [1.165, 1.54) is 18.3 Å². The molecule has 0 saturated carbocycles. The van der Waals surface area contributed by atoms with Gasteiger partial charge in [0.2, 0.25) is 0 Å². The zero-order chi connectivity index (χ0) is 14.5. The Kier molecular flexibility index (Phi) is 4.55. The van der Waals surface area contributed by atoms with E-state index in [2.05, 4.69) is 10.5 Å². The van der Waals surface area contributed by atoms with Gasteiger partial charge in [0.15, 0.2) is 0 Å². The predicted octanol–water partition coefficient (Wildman–Crippen LogP) is 4.35. The molecular weight excluding hydrogens is 301 g/mol. The average Bonchev–Trinajstić information content (AvgIpc) is 2.44. The van der Waals surface area contributed by atoms with Crippen LogP contribution in [-0.4, -0.2) is 11.1 Å². The molecule has 0 amide bonds. The van der Waals surface area contributed by atoms with Crippen molar-refractivity contribution in [2.45, 2.75) is 0 Å². The Morgan fingerprint density at radius 2 is 1.95 bits per heavy atom. The monoisotopic (exact) mass is 309 g/mol. The molecule has 7 heteroatoms. The Balaban J connectivity index is 2.12. The zero-order valence-electron chi connectivity index (χ0n) is 10.1. The molecule has 0 aliphatic rings. The minimum absolute atomic E-state index is 0.00834. The van der Waals surface area contributed by atoms with Gasteiger partial charge in [0, 0.05) is 17.7 Å². The molecule has 0 atom stereocenters. The van der Waals surface area contributed by atoms with Gasteiger partial charge in [0.1, 0.15) is 0 Å². The molecule has 1 N–H and O–H groups in total. The van der Waals surface area contributed by atoms with Crippen molar-refractivity contribution in [3.05, 3.63) is 68.2 Å². The van der Waals surface area contributed by atoms with E-state index in [0.29, 0.717) is 21.3 Å². The lowest BCUT2D eigenvalue weighted by Gasteiger charge is -2.01. The summed E-state index contributed by atoms with van der Waals surface area (Å²) in [5.41, 5.74) is 3.85. The number of rotatable bonds is 4. The van der Waals surface area contributed by atoms with Crippen molar-refractivity contribution in [1.29, 1.82) is 0 Å². The van der Waals surface area contributed by atoms with Crippen LogP contribution < -0.4 is 5.43 Å². The van der Waals surface area contributed by atoms with Gasteiger partial charge in [-0.2, -0.15) is 5.10 Å². The molecule has 0 saturated heterocycles. The third-order valence-corrected chi connectivity index (χ3v) is 3.27. The van der Waals surface area contributed by atoms with Crippen molar-refractivity contribution >= 4 is 40.8 Å². The molecule has 0 bridgehead atoms. The predicted molar refractivity (Wildman–Crippen MR) is 80.8 cm³/mol. The minimum atomic E-state index is -0.470. The molecule has 0 aliphatic carbocycles. The lowest BCUT2D eigenvalue weighted by atomic mass is 10.2. The van der Waals surface area contributed by atoms with Gasteiger partial charge in [0.25, 0.3) is 5.69 Å². The smallest absolute Gasteiger partial charge is 0.271 e. The third-order valence-electron chi connectivity index (χ3n) is 2.44. The third kappa shape index (κ3) is 3.46. The van der Waals surface area contributed by atoms with Gasteiger partial charge in [-0.15, -0.1) is 0 Å². The number of hydrogen-bond acceptors (Lipinski definition) is 4. The topological polar surface area (TPSA) is 67.5 Å². The Morgan fingerprint density at radius 1 is 1.20 bits per heavy atom. The second kappa shape index (κ2) is 6.36. The van der Waals surface area contributed by atoms with E-state index < -0.39 is 4.92 Å². The molecule has 2 rings (SSSR count). The van der Waals surface area contributed by atoms with E-state index in [9.17, 15) is 10.1 Å².